The summed E-state index contributed by atoms with van der Waals surface area (Å²) in [6.45, 7) is 1.79. The lowest BCUT2D eigenvalue weighted by molar-refractivity contribution is -0.143. The number of esters is 1. The van der Waals surface area contributed by atoms with Crippen LogP contribution in [0.1, 0.15) is 28.9 Å². The monoisotopic (exact) mass is 308 g/mol. The lowest BCUT2D eigenvalue weighted by Crippen LogP contribution is -2.25. The van der Waals surface area contributed by atoms with Gasteiger partial charge in [0.2, 0.25) is 0 Å². The first-order valence-corrected chi connectivity index (χ1v) is 7.08. The SMILES string of the molecule is CCOC(=O)C(C(=O)c1ccc(F)cc1)c1csc(N)n1. The van der Waals surface area contributed by atoms with Crippen molar-refractivity contribution in [3.8, 4) is 0 Å². The molecule has 7 heteroatoms. The molecule has 110 valence electrons. The summed E-state index contributed by atoms with van der Waals surface area (Å²) in [6.07, 6.45) is 0. The van der Waals surface area contributed by atoms with Crippen LogP contribution in [0.5, 0.6) is 0 Å². The minimum absolute atomic E-state index is 0.144. The standard InChI is InChI=1S/C14H13FN2O3S/c1-2-20-13(19)11(10-7-21-14(16)17-10)12(18)8-3-5-9(15)6-4-8/h3-7,11H,2H2,1H3,(H2,16,17). The third-order valence-electron chi connectivity index (χ3n) is 2.75. The van der Waals surface area contributed by atoms with E-state index in [-0.39, 0.29) is 23.0 Å². The molecule has 5 nitrogen and oxygen atoms in total. The van der Waals surface area contributed by atoms with E-state index in [0.717, 1.165) is 23.5 Å². The zero-order chi connectivity index (χ0) is 15.4. The Kier molecular flexibility index (Phi) is 4.64. The molecule has 2 aromatic rings. The molecule has 2 N–H and O–H groups in total. The number of nitrogens with two attached hydrogens (primary N) is 1. The van der Waals surface area contributed by atoms with Crippen LogP contribution in [-0.2, 0) is 9.53 Å². The molecule has 0 bridgehead atoms. The van der Waals surface area contributed by atoms with Crippen LogP contribution in [0.25, 0.3) is 0 Å². The quantitative estimate of drug-likeness (QED) is 0.521. The molecule has 0 aliphatic rings. The van der Waals surface area contributed by atoms with Crippen molar-refractivity contribution in [3.63, 3.8) is 0 Å². The second kappa shape index (κ2) is 6.45. The first kappa shape index (κ1) is 15.1. The Hall–Kier alpha value is -2.28. The van der Waals surface area contributed by atoms with Gasteiger partial charge in [-0.3, -0.25) is 9.59 Å². The average Bonchev–Trinajstić information content (AvgIpc) is 2.86. The van der Waals surface area contributed by atoms with Gasteiger partial charge in [0.15, 0.2) is 16.8 Å². The van der Waals surface area contributed by atoms with Crippen LogP contribution in [0.2, 0.25) is 0 Å². The number of carbonyl (C=O) groups is 2. The predicted molar refractivity (Wildman–Crippen MR) is 76.6 cm³/mol. The highest BCUT2D eigenvalue weighted by Gasteiger charge is 2.32. The minimum Gasteiger partial charge on any atom is -0.465 e. The van der Waals surface area contributed by atoms with Gasteiger partial charge in [-0.05, 0) is 31.2 Å². The third-order valence-corrected chi connectivity index (χ3v) is 3.44. The molecular formula is C14H13FN2O3S. The summed E-state index contributed by atoms with van der Waals surface area (Å²) in [5, 5.41) is 1.80. The normalized spacial score (nSPS) is 11.9. The van der Waals surface area contributed by atoms with Crippen LogP contribution in [0.3, 0.4) is 0 Å². The zero-order valence-electron chi connectivity index (χ0n) is 11.2. The molecule has 1 atom stereocenters. The van der Waals surface area contributed by atoms with E-state index in [1.54, 1.807) is 12.3 Å². The summed E-state index contributed by atoms with van der Waals surface area (Å²) in [7, 11) is 0. The van der Waals surface area contributed by atoms with Gasteiger partial charge in [-0.25, -0.2) is 9.37 Å². The van der Waals surface area contributed by atoms with Crippen LogP contribution < -0.4 is 5.73 Å². The molecule has 0 aliphatic heterocycles. The van der Waals surface area contributed by atoms with E-state index >= 15 is 0 Å². The van der Waals surface area contributed by atoms with Gasteiger partial charge in [0.05, 0.1) is 12.3 Å². The lowest BCUT2D eigenvalue weighted by atomic mass is 9.95. The van der Waals surface area contributed by atoms with Crippen LogP contribution in [0.4, 0.5) is 9.52 Å². The Morgan fingerprint density at radius 1 is 1.38 bits per heavy atom. The highest BCUT2D eigenvalue weighted by Crippen LogP contribution is 2.25. The fourth-order valence-electron chi connectivity index (χ4n) is 1.80. The van der Waals surface area contributed by atoms with E-state index in [0.29, 0.717) is 0 Å². The van der Waals surface area contributed by atoms with Crippen molar-refractivity contribution in [2.75, 3.05) is 12.3 Å². The Labute approximate surface area is 124 Å². The highest BCUT2D eigenvalue weighted by molar-refractivity contribution is 7.13. The summed E-state index contributed by atoms with van der Waals surface area (Å²) >= 11 is 1.13. The number of thiazole rings is 1. The lowest BCUT2D eigenvalue weighted by Gasteiger charge is -2.12. The highest BCUT2D eigenvalue weighted by atomic mass is 32.1. The number of ketones is 1. The number of nitrogen functional groups attached to an aromatic ring is 1. The topological polar surface area (TPSA) is 82.3 Å². The van der Waals surface area contributed by atoms with E-state index in [1.807, 2.05) is 0 Å². The Morgan fingerprint density at radius 2 is 2.05 bits per heavy atom. The summed E-state index contributed by atoms with van der Waals surface area (Å²) in [5.74, 6) is -2.85. The number of nitrogens with zero attached hydrogens (tertiary/aromatic N) is 1. The molecule has 1 aromatic heterocycles. The Bertz CT molecular complexity index is 654. The number of ether oxygens (including phenoxy) is 1. The average molecular weight is 308 g/mol. The van der Waals surface area contributed by atoms with Gasteiger partial charge in [0.25, 0.3) is 0 Å². The van der Waals surface area contributed by atoms with Crippen molar-refractivity contribution in [3.05, 3.63) is 46.7 Å². The smallest absolute Gasteiger partial charge is 0.323 e. The molecule has 1 unspecified atom stereocenters. The van der Waals surface area contributed by atoms with Gasteiger partial charge >= 0.3 is 5.97 Å². The second-order valence-electron chi connectivity index (χ2n) is 4.17. The summed E-state index contributed by atoms with van der Waals surface area (Å²) in [6, 6.07) is 4.95. The van der Waals surface area contributed by atoms with Crippen LogP contribution >= 0.6 is 11.3 Å². The van der Waals surface area contributed by atoms with Crippen molar-refractivity contribution in [1.29, 1.82) is 0 Å². The molecule has 0 saturated heterocycles. The Morgan fingerprint density at radius 3 is 2.57 bits per heavy atom. The fraction of sp³-hybridized carbons (Fsp3) is 0.214. The summed E-state index contributed by atoms with van der Waals surface area (Å²) in [4.78, 5) is 28.5. The fourth-order valence-corrected chi connectivity index (χ4v) is 2.39. The number of hydrogen-bond donors (Lipinski definition) is 1. The molecule has 2 rings (SSSR count). The van der Waals surface area contributed by atoms with E-state index in [4.69, 9.17) is 10.5 Å². The summed E-state index contributed by atoms with van der Waals surface area (Å²) < 4.78 is 17.9. The van der Waals surface area contributed by atoms with E-state index in [2.05, 4.69) is 4.98 Å². The molecule has 0 saturated carbocycles. The number of carbonyl (C=O) groups excluding carboxylic acids is 2. The second-order valence-corrected chi connectivity index (χ2v) is 5.06. The van der Waals surface area contributed by atoms with Crippen LogP contribution in [0, 0.1) is 5.82 Å². The largest absolute Gasteiger partial charge is 0.465 e. The van der Waals surface area contributed by atoms with Crippen molar-refractivity contribution in [2.24, 2.45) is 0 Å². The van der Waals surface area contributed by atoms with Crippen molar-refractivity contribution >= 4 is 28.2 Å². The van der Waals surface area contributed by atoms with Crippen molar-refractivity contribution in [2.45, 2.75) is 12.8 Å². The molecular weight excluding hydrogens is 295 g/mol. The molecule has 0 amide bonds. The molecule has 0 fully saturated rings. The Balaban J connectivity index is 2.37. The van der Waals surface area contributed by atoms with E-state index in [9.17, 15) is 14.0 Å². The van der Waals surface area contributed by atoms with Gasteiger partial charge in [0, 0.05) is 10.9 Å². The molecule has 0 spiro atoms. The maximum Gasteiger partial charge on any atom is 0.323 e. The first-order chi connectivity index (χ1) is 10.0. The van der Waals surface area contributed by atoms with Gasteiger partial charge < -0.3 is 10.5 Å². The summed E-state index contributed by atoms with van der Waals surface area (Å²) in [5.41, 5.74) is 5.99. The molecule has 0 radical (unpaired) electrons. The van der Waals surface area contributed by atoms with E-state index in [1.165, 1.54) is 12.1 Å². The number of rotatable bonds is 5. The maximum atomic E-state index is 12.9. The molecule has 21 heavy (non-hydrogen) atoms. The number of hydrogen-bond acceptors (Lipinski definition) is 6. The number of aromatic nitrogens is 1. The van der Waals surface area contributed by atoms with Crippen molar-refractivity contribution in [1.82, 2.24) is 4.98 Å². The third kappa shape index (κ3) is 3.43. The number of halogens is 1. The van der Waals surface area contributed by atoms with Gasteiger partial charge in [-0.15, -0.1) is 11.3 Å². The number of Topliss-reactive ketones (excluding diaryl/α,β-unsaturated/α-hetero) is 1. The number of benzene rings is 1. The number of anilines is 1. The van der Waals surface area contributed by atoms with E-state index < -0.39 is 23.5 Å². The van der Waals surface area contributed by atoms with Crippen LogP contribution in [-0.4, -0.2) is 23.3 Å². The zero-order valence-corrected chi connectivity index (χ0v) is 12.0. The minimum atomic E-state index is -1.19. The van der Waals surface area contributed by atoms with Crippen LogP contribution in [0.15, 0.2) is 29.6 Å². The van der Waals surface area contributed by atoms with Crippen molar-refractivity contribution < 1.29 is 18.7 Å². The molecule has 1 heterocycles. The van der Waals surface area contributed by atoms with Gasteiger partial charge in [-0.2, -0.15) is 0 Å². The van der Waals surface area contributed by atoms with Gasteiger partial charge in [-0.1, -0.05) is 0 Å². The molecule has 0 aliphatic carbocycles. The van der Waals surface area contributed by atoms with Gasteiger partial charge in [0.1, 0.15) is 5.82 Å². The first-order valence-electron chi connectivity index (χ1n) is 6.20. The molecule has 1 aromatic carbocycles. The maximum absolute atomic E-state index is 12.9. The predicted octanol–water partition coefficient (Wildman–Crippen LogP) is 2.39.